The molecule has 114 valence electrons. The second kappa shape index (κ2) is 7.51. The molecule has 2 N–H and O–H groups in total. The van der Waals surface area contributed by atoms with E-state index >= 15 is 0 Å². The molecule has 0 radical (unpaired) electrons. The lowest BCUT2D eigenvalue weighted by Crippen LogP contribution is -2.41. The fraction of sp³-hybridized carbons (Fsp3) is 0.500. The van der Waals surface area contributed by atoms with Gasteiger partial charge in [0.05, 0.1) is 12.3 Å². The molecule has 2 rings (SSSR count). The third-order valence-corrected chi connectivity index (χ3v) is 3.97. The van der Waals surface area contributed by atoms with Crippen molar-refractivity contribution in [1.82, 2.24) is 9.88 Å². The molecule has 1 aromatic rings. The van der Waals surface area contributed by atoms with E-state index in [0.29, 0.717) is 18.9 Å². The van der Waals surface area contributed by atoms with Crippen LogP contribution in [0.3, 0.4) is 0 Å². The Morgan fingerprint density at radius 2 is 2.29 bits per heavy atom. The van der Waals surface area contributed by atoms with Crippen molar-refractivity contribution in [1.29, 1.82) is 0 Å². The van der Waals surface area contributed by atoms with Crippen molar-refractivity contribution in [2.75, 3.05) is 25.0 Å². The number of amides is 1. The number of aliphatic carboxylic acids is 1. The average molecular weight is 356 g/mol. The Labute approximate surface area is 131 Å². The average Bonchev–Trinajstić information content (AvgIpc) is 2.48. The number of hydrogen-bond acceptors (Lipinski definition) is 4. The van der Waals surface area contributed by atoms with Crippen LogP contribution >= 0.6 is 15.9 Å². The number of piperidine rings is 1. The summed E-state index contributed by atoms with van der Waals surface area (Å²) in [6.07, 6.45) is 3.48. The number of carbonyl (C=O) groups excluding carboxylic acids is 1. The van der Waals surface area contributed by atoms with Crippen LogP contribution in [-0.2, 0) is 9.59 Å². The number of carboxylic acids is 1. The minimum absolute atomic E-state index is 0.0511. The van der Waals surface area contributed by atoms with Crippen LogP contribution < -0.4 is 5.32 Å². The van der Waals surface area contributed by atoms with Gasteiger partial charge in [0.2, 0.25) is 5.91 Å². The van der Waals surface area contributed by atoms with Crippen molar-refractivity contribution in [3.63, 3.8) is 0 Å². The molecule has 0 unspecified atom stereocenters. The van der Waals surface area contributed by atoms with Gasteiger partial charge in [0, 0.05) is 23.8 Å². The van der Waals surface area contributed by atoms with Crippen molar-refractivity contribution in [2.24, 2.45) is 5.92 Å². The van der Waals surface area contributed by atoms with Crippen LogP contribution in [0.1, 0.15) is 19.3 Å². The normalized spacial score (nSPS) is 19.2. The summed E-state index contributed by atoms with van der Waals surface area (Å²) >= 11 is 3.30. The summed E-state index contributed by atoms with van der Waals surface area (Å²) in [6.45, 7) is 1.96. The van der Waals surface area contributed by atoms with Gasteiger partial charge in [-0.1, -0.05) is 0 Å². The molecule has 6 nitrogen and oxygen atoms in total. The topological polar surface area (TPSA) is 82.5 Å². The number of carbonyl (C=O) groups is 2. The molecule has 0 saturated carbocycles. The molecule has 1 fully saturated rings. The first-order valence-electron chi connectivity index (χ1n) is 6.91. The number of rotatable bonds is 5. The van der Waals surface area contributed by atoms with Crippen LogP contribution in [0.25, 0.3) is 0 Å². The summed E-state index contributed by atoms with van der Waals surface area (Å²) in [7, 11) is 0. The molecule has 0 spiro atoms. The molecule has 7 heteroatoms. The van der Waals surface area contributed by atoms with Crippen LogP contribution in [0.4, 0.5) is 5.82 Å². The third-order valence-electron chi connectivity index (χ3n) is 3.50. The zero-order chi connectivity index (χ0) is 15.2. The smallest absolute Gasteiger partial charge is 0.304 e. The third kappa shape index (κ3) is 5.09. The first-order valence-corrected chi connectivity index (χ1v) is 7.70. The molecule has 1 aromatic heterocycles. The monoisotopic (exact) mass is 355 g/mol. The van der Waals surface area contributed by atoms with Gasteiger partial charge < -0.3 is 15.3 Å². The fourth-order valence-corrected chi connectivity index (χ4v) is 2.64. The number of likely N-dealkylation sites (tertiary alicyclic amines) is 1. The Kier molecular flexibility index (Phi) is 5.69. The number of anilines is 1. The molecule has 1 atom stereocenters. The summed E-state index contributed by atoms with van der Waals surface area (Å²) in [5.74, 6) is -0.436. The summed E-state index contributed by atoms with van der Waals surface area (Å²) < 4.78 is 0.859. The molecule has 0 aliphatic carbocycles. The van der Waals surface area contributed by atoms with E-state index < -0.39 is 5.97 Å². The number of pyridine rings is 1. The molecule has 1 aliphatic heterocycles. The van der Waals surface area contributed by atoms with Crippen LogP contribution in [0.5, 0.6) is 0 Å². The molecule has 1 saturated heterocycles. The molecular formula is C14H18BrN3O3. The lowest BCUT2D eigenvalue weighted by atomic mass is 9.97. The van der Waals surface area contributed by atoms with Crippen molar-refractivity contribution in [3.05, 3.63) is 22.8 Å². The molecular weight excluding hydrogens is 338 g/mol. The summed E-state index contributed by atoms with van der Waals surface area (Å²) in [5.41, 5.74) is 0. The molecule has 1 aliphatic rings. The minimum atomic E-state index is -0.805. The van der Waals surface area contributed by atoms with Crippen molar-refractivity contribution in [2.45, 2.75) is 19.3 Å². The van der Waals surface area contributed by atoms with E-state index in [1.807, 2.05) is 11.0 Å². The van der Waals surface area contributed by atoms with Crippen LogP contribution in [0.2, 0.25) is 0 Å². The van der Waals surface area contributed by atoms with Crippen LogP contribution in [0.15, 0.2) is 22.8 Å². The highest BCUT2D eigenvalue weighted by atomic mass is 79.9. The van der Waals surface area contributed by atoms with E-state index in [1.54, 1.807) is 12.3 Å². The standard InChI is InChI=1S/C14H18BrN3O3/c15-11-3-4-12(16-8-11)17-14(21)10-2-1-6-18(9-10)7-5-13(19)20/h3-4,8,10H,1-2,5-7,9H2,(H,19,20)(H,16,17,21)/t10-/m1/s1. The largest absolute Gasteiger partial charge is 0.481 e. The summed E-state index contributed by atoms with van der Waals surface area (Å²) in [4.78, 5) is 29.0. The molecule has 2 heterocycles. The number of nitrogens with one attached hydrogen (secondary N) is 1. The van der Waals surface area contributed by atoms with Gasteiger partial charge in [0.25, 0.3) is 0 Å². The zero-order valence-corrected chi connectivity index (χ0v) is 13.2. The van der Waals surface area contributed by atoms with Gasteiger partial charge in [-0.3, -0.25) is 9.59 Å². The number of carboxylic acid groups (broad SMARTS) is 1. The lowest BCUT2D eigenvalue weighted by Gasteiger charge is -2.31. The number of halogens is 1. The van der Waals surface area contributed by atoms with Gasteiger partial charge >= 0.3 is 5.97 Å². The second-order valence-corrected chi connectivity index (χ2v) is 6.05. The predicted molar refractivity (Wildman–Crippen MR) is 82.0 cm³/mol. The van der Waals surface area contributed by atoms with Gasteiger partial charge in [-0.2, -0.15) is 0 Å². The van der Waals surface area contributed by atoms with E-state index in [-0.39, 0.29) is 18.2 Å². The van der Waals surface area contributed by atoms with E-state index in [4.69, 9.17) is 5.11 Å². The Morgan fingerprint density at radius 3 is 2.95 bits per heavy atom. The highest BCUT2D eigenvalue weighted by Crippen LogP contribution is 2.19. The van der Waals surface area contributed by atoms with Gasteiger partial charge in [0.15, 0.2) is 0 Å². The van der Waals surface area contributed by atoms with Crippen LogP contribution in [-0.4, -0.2) is 46.5 Å². The van der Waals surface area contributed by atoms with E-state index in [9.17, 15) is 9.59 Å². The first-order chi connectivity index (χ1) is 10.0. The van der Waals surface area contributed by atoms with Crippen molar-refractivity contribution < 1.29 is 14.7 Å². The fourth-order valence-electron chi connectivity index (χ4n) is 2.40. The van der Waals surface area contributed by atoms with Gasteiger partial charge in [-0.15, -0.1) is 0 Å². The SMILES string of the molecule is O=C(O)CCN1CCC[C@@H](C(=O)Nc2ccc(Br)cn2)C1. The summed E-state index contributed by atoms with van der Waals surface area (Å²) in [5, 5.41) is 11.5. The van der Waals surface area contributed by atoms with Gasteiger partial charge in [-0.05, 0) is 47.4 Å². The number of aromatic nitrogens is 1. The summed E-state index contributed by atoms with van der Waals surface area (Å²) in [6, 6.07) is 3.57. The Hall–Kier alpha value is -1.47. The molecule has 1 amide bonds. The molecule has 0 bridgehead atoms. The molecule has 0 aromatic carbocycles. The van der Waals surface area contributed by atoms with E-state index in [2.05, 4.69) is 26.2 Å². The lowest BCUT2D eigenvalue weighted by molar-refractivity contribution is -0.137. The quantitative estimate of drug-likeness (QED) is 0.843. The Balaban J connectivity index is 1.86. The first kappa shape index (κ1) is 15.9. The second-order valence-electron chi connectivity index (χ2n) is 5.13. The Bertz CT molecular complexity index is 507. The minimum Gasteiger partial charge on any atom is -0.481 e. The Morgan fingerprint density at radius 1 is 1.48 bits per heavy atom. The number of hydrogen-bond donors (Lipinski definition) is 2. The van der Waals surface area contributed by atoms with Crippen molar-refractivity contribution in [3.8, 4) is 0 Å². The zero-order valence-electron chi connectivity index (χ0n) is 11.6. The van der Waals surface area contributed by atoms with Gasteiger partial charge in [-0.25, -0.2) is 4.98 Å². The van der Waals surface area contributed by atoms with E-state index in [1.165, 1.54) is 0 Å². The maximum absolute atomic E-state index is 12.2. The highest BCUT2D eigenvalue weighted by Gasteiger charge is 2.26. The maximum atomic E-state index is 12.2. The van der Waals surface area contributed by atoms with Crippen molar-refractivity contribution >= 4 is 33.6 Å². The maximum Gasteiger partial charge on any atom is 0.304 e. The predicted octanol–water partition coefficient (Wildman–Crippen LogP) is 1.97. The van der Waals surface area contributed by atoms with E-state index in [0.717, 1.165) is 23.9 Å². The van der Waals surface area contributed by atoms with Crippen LogP contribution in [0, 0.1) is 5.92 Å². The molecule has 21 heavy (non-hydrogen) atoms. The highest BCUT2D eigenvalue weighted by molar-refractivity contribution is 9.10. The number of nitrogens with zero attached hydrogens (tertiary/aromatic N) is 2. The van der Waals surface area contributed by atoms with Gasteiger partial charge in [0.1, 0.15) is 5.82 Å².